The van der Waals surface area contributed by atoms with Crippen molar-refractivity contribution >= 4 is 34.3 Å². The molecular weight excluding hydrogens is 400 g/mol. The Morgan fingerprint density at radius 1 is 0.968 bits per heavy atom. The lowest BCUT2D eigenvalue weighted by Gasteiger charge is -2.30. The maximum absolute atomic E-state index is 11.5. The van der Waals surface area contributed by atoms with Crippen LogP contribution in [0.3, 0.4) is 0 Å². The lowest BCUT2D eigenvalue weighted by atomic mass is 9.91. The van der Waals surface area contributed by atoms with Crippen LogP contribution < -0.4 is 0 Å². The number of benzene rings is 2. The number of carbonyl (C=O) groups is 1. The smallest absolute Gasteiger partial charge is 0.337 e. The molecule has 4 N–H and O–H groups in total. The molecule has 0 amide bonds. The number of carboxylic acid groups (broad SMARTS) is 1. The first-order chi connectivity index (χ1) is 14.8. The first-order valence-corrected chi connectivity index (χ1v) is 10.1. The quantitative estimate of drug-likeness (QED) is 0.370. The highest BCUT2D eigenvalue weighted by Gasteiger charge is 2.23. The van der Waals surface area contributed by atoms with Gasteiger partial charge in [-0.15, -0.1) is 0 Å². The van der Waals surface area contributed by atoms with Crippen molar-refractivity contribution in [1.82, 2.24) is 14.9 Å². The Hall–Kier alpha value is -3.46. The minimum absolute atomic E-state index is 0.0242. The first-order valence-electron chi connectivity index (χ1n) is 10.1. The second kappa shape index (κ2) is 7.99. The third kappa shape index (κ3) is 3.84. The number of hydrogen-bond acceptors (Lipinski definition) is 8. The second-order valence-corrected chi connectivity index (χ2v) is 8.09. The molecule has 1 heterocycles. The highest BCUT2D eigenvalue weighted by atomic mass is 16.4. The minimum Gasteiger partial charge on any atom is -0.507 e. The standard InChI is InChI=1S/C22H24N4O5/c1-26(2)12-5-3-11(4-6-12)23-10-14-16(28)9-17(29)21-19(14)25-20-15(27)8-7-13(22(30)31)18(20)24-21/h7-12,27-29H,3-6H2,1-2H3,(H,30,31). The van der Waals surface area contributed by atoms with Gasteiger partial charge >= 0.3 is 5.97 Å². The lowest BCUT2D eigenvalue weighted by Crippen LogP contribution is -2.33. The van der Waals surface area contributed by atoms with Gasteiger partial charge in [0.25, 0.3) is 0 Å². The van der Waals surface area contributed by atoms with Crippen molar-refractivity contribution in [3.05, 3.63) is 29.3 Å². The average molecular weight is 424 g/mol. The number of rotatable bonds is 4. The van der Waals surface area contributed by atoms with Crippen LogP contribution in [-0.4, -0.2) is 73.7 Å². The van der Waals surface area contributed by atoms with Gasteiger partial charge in [0.05, 0.1) is 17.2 Å². The van der Waals surface area contributed by atoms with E-state index in [0.29, 0.717) is 6.04 Å². The average Bonchev–Trinajstić information content (AvgIpc) is 2.73. The molecule has 3 aromatic rings. The summed E-state index contributed by atoms with van der Waals surface area (Å²) in [5.41, 5.74) is 0.189. The Balaban J connectivity index is 1.80. The van der Waals surface area contributed by atoms with Gasteiger partial charge in [-0.3, -0.25) is 4.99 Å². The van der Waals surface area contributed by atoms with Gasteiger partial charge in [0.15, 0.2) is 0 Å². The van der Waals surface area contributed by atoms with E-state index in [4.69, 9.17) is 0 Å². The molecule has 1 aromatic heterocycles. The van der Waals surface area contributed by atoms with E-state index in [1.165, 1.54) is 18.3 Å². The summed E-state index contributed by atoms with van der Waals surface area (Å²) in [6.07, 6.45) is 5.44. The van der Waals surface area contributed by atoms with Gasteiger partial charge in [-0.1, -0.05) is 0 Å². The molecule has 0 radical (unpaired) electrons. The molecule has 1 aliphatic rings. The largest absolute Gasteiger partial charge is 0.507 e. The minimum atomic E-state index is -1.23. The summed E-state index contributed by atoms with van der Waals surface area (Å²) in [7, 11) is 4.14. The van der Waals surface area contributed by atoms with E-state index >= 15 is 0 Å². The van der Waals surface area contributed by atoms with Crippen molar-refractivity contribution in [3.8, 4) is 17.2 Å². The molecule has 1 aliphatic carbocycles. The summed E-state index contributed by atoms with van der Waals surface area (Å²) < 4.78 is 0. The monoisotopic (exact) mass is 424 g/mol. The summed E-state index contributed by atoms with van der Waals surface area (Å²) in [4.78, 5) is 27.0. The number of phenols is 3. The molecule has 0 atom stereocenters. The highest BCUT2D eigenvalue weighted by molar-refractivity contribution is 6.08. The molecular formula is C22H24N4O5. The van der Waals surface area contributed by atoms with Gasteiger partial charge in [-0.2, -0.15) is 0 Å². The van der Waals surface area contributed by atoms with Crippen molar-refractivity contribution in [2.24, 2.45) is 4.99 Å². The van der Waals surface area contributed by atoms with E-state index in [9.17, 15) is 25.2 Å². The molecule has 162 valence electrons. The van der Waals surface area contributed by atoms with Crippen molar-refractivity contribution < 1.29 is 25.2 Å². The number of carboxylic acids is 1. The lowest BCUT2D eigenvalue weighted by molar-refractivity contribution is 0.0699. The zero-order chi connectivity index (χ0) is 22.3. The number of fused-ring (bicyclic) bond motifs is 2. The Morgan fingerprint density at radius 2 is 1.61 bits per heavy atom. The number of hydrogen-bond donors (Lipinski definition) is 4. The molecule has 2 aromatic carbocycles. The van der Waals surface area contributed by atoms with Crippen LogP contribution in [0.25, 0.3) is 22.1 Å². The summed E-state index contributed by atoms with van der Waals surface area (Å²) in [6.45, 7) is 0. The number of aromatic nitrogens is 2. The second-order valence-electron chi connectivity index (χ2n) is 8.09. The van der Waals surface area contributed by atoms with Gasteiger partial charge < -0.3 is 25.3 Å². The van der Waals surface area contributed by atoms with Crippen molar-refractivity contribution in [3.63, 3.8) is 0 Å². The number of aromatic carboxylic acids is 1. The molecule has 0 saturated heterocycles. The van der Waals surface area contributed by atoms with Crippen LogP contribution in [0, 0.1) is 0 Å². The predicted octanol–water partition coefficient (Wildman–Crippen LogP) is 2.89. The van der Waals surface area contributed by atoms with Crippen molar-refractivity contribution in [2.75, 3.05) is 14.1 Å². The summed E-state index contributed by atoms with van der Waals surface area (Å²) in [6, 6.07) is 4.24. The molecule has 31 heavy (non-hydrogen) atoms. The molecule has 0 aliphatic heterocycles. The van der Waals surface area contributed by atoms with Gasteiger partial charge in [-0.05, 0) is 51.9 Å². The SMILES string of the molecule is CN(C)C1CCC(N=Cc2c(O)cc(O)c3nc4c(C(=O)O)ccc(O)c4nc23)CC1. The topological polar surface area (TPSA) is 139 Å². The van der Waals surface area contributed by atoms with Crippen LogP contribution in [-0.2, 0) is 0 Å². The Morgan fingerprint density at radius 3 is 2.26 bits per heavy atom. The fourth-order valence-electron chi connectivity index (χ4n) is 4.09. The Bertz CT molecular complexity index is 1200. The van der Waals surface area contributed by atoms with Crippen LogP contribution in [0.15, 0.2) is 23.2 Å². The van der Waals surface area contributed by atoms with E-state index in [2.05, 4.69) is 34.0 Å². The van der Waals surface area contributed by atoms with E-state index in [-0.39, 0.29) is 56.5 Å². The summed E-state index contributed by atoms with van der Waals surface area (Å²) in [5, 5.41) is 40.4. The van der Waals surface area contributed by atoms with Gasteiger partial charge in [0.1, 0.15) is 39.3 Å². The van der Waals surface area contributed by atoms with Crippen LogP contribution in [0.2, 0.25) is 0 Å². The highest BCUT2D eigenvalue weighted by Crippen LogP contribution is 2.35. The zero-order valence-electron chi connectivity index (χ0n) is 17.3. The van der Waals surface area contributed by atoms with Gasteiger partial charge in [0.2, 0.25) is 0 Å². The predicted molar refractivity (Wildman–Crippen MR) is 116 cm³/mol. The third-order valence-corrected chi connectivity index (χ3v) is 5.89. The van der Waals surface area contributed by atoms with Crippen molar-refractivity contribution in [2.45, 2.75) is 37.8 Å². The maximum Gasteiger partial charge on any atom is 0.337 e. The van der Waals surface area contributed by atoms with Crippen LogP contribution in [0.1, 0.15) is 41.6 Å². The van der Waals surface area contributed by atoms with E-state index < -0.39 is 5.97 Å². The van der Waals surface area contributed by atoms with Gasteiger partial charge in [0, 0.05) is 18.3 Å². The fourth-order valence-corrected chi connectivity index (χ4v) is 4.09. The first kappa shape index (κ1) is 20.8. The number of aromatic hydroxyl groups is 3. The molecule has 9 nitrogen and oxygen atoms in total. The number of phenolic OH excluding ortho intramolecular Hbond substituents is 3. The van der Waals surface area contributed by atoms with Crippen LogP contribution in [0.5, 0.6) is 17.2 Å². The third-order valence-electron chi connectivity index (χ3n) is 5.89. The molecule has 0 spiro atoms. The van der Waals surface area contributed by atoms with Crippen LogP contribution in [0.4, 0.5) is 0 Å². The molecule has 9 heteroatoms. The summed E-state index contributed by atoms with van der Waals surface area (Å²) in [5.74, 6) is -2.04. The molecule has 0 unspecified atom stereocenters. The zero-order valence-corrected chi connectivity index (χ0v) is 17.3. The van der Waals surface area contributed by atoms with E-state index in [0.717, 1.165) is 31.7 Å². The van der Waals surface area contributed by atoms with Gasteiger partial charge in [-0.25, -0.2) is 14.8 Å². The Labute approximate surface area is 178 Å². The molecule has 1 fully saturated rings. The number of aliphatic imine (C=N–C) groups is 1. The molecule has 1 saturated carbocycles. The normalized spacial score (nSPS) is 19.6. The van der Waals surface area contributed by atoms with E-state index in [1.54, 1.807) is 0 Å². The molecule has 0 bridgehead atoms. The maximum atomic E-state index is 11.5. The van der Waals surface area contributed by atoms with Crippen LogP contribution >= 0.6 is 0 Å². The fraction of sp³-hybridized carbons (Fsp3) is 0.364. The number of nitrogens with zero attached hydrogens (tertiary/aromatic N) is 4. The summed E-state index contributed by atoms with van der Waals surface area (Å²) >= 11 is 0. The Kier molecular flexibility index (Phi) is 5.36. The van der Waals surface area contributed by atoms with Crippen molar-refractivity contribution in [1.29, 1.82) is 0 Å². The van der Waals surface area contributed by atoms with E-state index in [1.807, 2.05) is 0 Å². The molecule has 4 rings (SSSR count).